The average molecular weight is 402 g/mol. The van der Waals surface area contributed by atoms with Crippen molar-refractivity contribution in [2.45, 2.75) is 24.8 Å². The Morgan fingerprint density at radius 2 is 2.14 bits per heavy atom. The summed E-state index contributed by atoms with van der Waals surface area (Å²) in [7, 11) is 3.27. The molecule has 148 valence electrons. The molecule has 1 atom stereocenters. The van der Waals surface area contributed by atoms with Gasteiger partial charge in [-0.05, 0) is 33.0 Å². The van der Waals surface area contributed by atoms with Gasteiger partial charge in [-0.15, -0.1) is 0 Å². The lowest BCUT2D eigenvalue weighted by atomic mass is 10.1. The zero-order valence-corrected chi connectivity index (χ0v) is 17.0. The Labute approximate surface area is 165 Å². The molecule has 0 aliphatic carbocycles. The molecule has 2 aromatic heterocycles. The van der Waals surface area contributed by atoms with E-state index in [2.05, 4.69) is 20.3 Å². The standard InChI is InChI=1S/C19H22N4O4S/c1-11-8-21-16(12(2)18(11)26-4)10-28(25)19-22-14-6-5-13(7-15(14)23-19)27-17(24)9-20-3/h5-8,20H,9-10H2,1-4H3,(H,22,23). The SMILES string of the molecule is CNCC(=O)Oc1ccc2[nH]c([S+]([O-])Cc3ncc(C)c(OC)c3C)nc2c1. The van der Waals surface area contributed by atoms with Crippen LogP contribution in [0.25, 0.3) is 11.0 Å². The van der Waals surface area contributed by atoms with Crippen LogP contribution in [0.3, 0.4) is 0 Å². The van der Waals surface area contributed by atoms with E-state index in [1.165, 1.54) is 0 Å². The van der Waals surface area contributed by atoms with E-state index in [0.717, 1.165) is 16.9 Å². The first-order valence-electron chi connectivity index (χ1n) is 8.65. The van der Waals surface area contributed by atoms with Crippen molar-refractivity contribution in [3.8, 4) is 11.5 Å². The summed E-state index contributed by atoms with van der Waals surface area (Å²) in [6, 6.07) is 5.04. The van der Waals surface area contributed by atoms with Crippen molar-refractivity contribution in [1.82, 2.24) is 20.3 Å². The molecule has 0 saturated carbocycles. The van der Waals surface area contributed by atoms with Gasteiger partial charge in [0.2, 0.25) is 0 Å². The van der Waals surface area contributed by atoms with Gasteiger partial charge in [0.25, 0.3) is 0 Å². The van der Waals surface area contributed by atoms with Gasteiger partial charge >= 0.3 is 11.1 Å². The van der Waals surface area contributed by atoms with Gasteiger partial charge in [0.05, 0.1) is 30.4 Å². The van der Waals surface area contributed by atoms with E-state index in [9.17, 15) is 9.35 Å². The number of H-pyrrole nitrogens is 1. The molecular weight excluding hydrogens is 380 g/mol. The number of likely N-dealkylation sites (N-methyl/N-ethyl adjacent to an activating group) is 1. The van der Waals surface area contributed by atoms with Crippen LogP contribution in [0, 0.1) is 13.8 Å². The van der Waals surface area contributed by atoms with Crippen molar-refractivity contribution in [2.24, 2.45) is 0 Å². The minimum absolute atomic E-state index is 0.111. The normalized spacial score (nSPS) is 12.2. The lowest BCUT2D eigenvalue weighted by Crippen LogP contribution is -2.23. The molecule has 1 aromatic carbocycles. The van der Waals surface area contributed by atoms with Gasteiger partial charge < -0.3 is 19.3 Å². The Kier molecular flexibility index (Phi) is 6.18. The first kappa shape index (κ1) is 20.1. The van der Waals surface area contributed by atoms with Gasteiger partial charge in [-0.1, -0.05) is 0 Å². The highest BCUT2D eigenvalue weighted by Crippen LogP contribution is 2.27. The van der Waals surface area contributed by atoms with Gasteiger partial charge in [-0.3, -0.25) is 14.8 Å². The van der Waals surface area contributed by atoms with E-state index in [4.69, 9.17) is 9.47 Å². The predicted octanol–water partition coefficient (Wildman–Crippen LogP) is 2.02. The monoisotopic (exact) mass is 402 g/mol. The van der Waals surface area contributed by atoms with Crippen molar-refractivity contribution in [3.05, 3.63) is 41.2 Å². The van der Waals surface area contributed by atoms with E-state index in [0.29, 0.717) is 27.6 Å². The summed E-state index contributed by atoms with van der Waals surface area (Å²) in [5, 5.41) is 3.07. The van der Waals surface area contributed by atoms with E-state index < -0.39 is 17.1 Å². The number of esters is 1. The van der Waals surface area contributed by atoms with Crippen LogP contribution in [0.15, 0.2) is 29.6 Å². The number of hydrogen-bond acceptors (Lipinski definition) is 7. The van der Waals surface area contributed by atoms with Gasteiger partial charge in [0, 0.05) is 34.6 Å². The molecule has 0 aliphatic rings. The first-order chi connectivity index (χ1) is 13.4. The summed E-state index contributed by atoms with van der Waals surface area (Å²) >= 11 is -1.42. The summed E-state index contributed by atoms with van der Waals surface area (Å²) in [5.74, 6) is 0.958. The van der Waals surface area contributed by atoms with Gasteiger partial charge in [-0.2, -0.15) is 4.98 Å². The zero-order chi connectivity index (χ0) is 20.3. The summed E-state index contributed by atoms with van der Waals surface area (Å²) in [4.78, 5) is 23.4. The smallest absolute Gasteiger partial charge is 0.325 e. The van der Waals surface area contributed by atoms with Crippen LogP contribution < -0.4 is 14.8 Å². The largest absolute Gasteiger partial charge is 0.609 e. The van der Waals surface area contributed by atoms with Crippen molar-refractivity contribution < 1.29 is 18.8 Å². The summed E-state index contributed by atoms with van der Waals surface area (Å²) in [6.07, 6.45) is 1.71. The lowest BCUT2D eigenvalue weighted by molar-refractivity contribution is -0.133. The zero-order valence-electron chi connectivity index (χ0n) is 16.2. The Bertz CT molecular complexity index is 1010. The molecule has 0 radical (unpaired) electrons. The quantitative estimate of drug-likeness (QED) is 0.353. The molecule has 0 saturated heterocycles. The number of rotatable bonds is 7. The molecular formula is C19H22N4O4S. The third-order valence-corrected chi connectivity index (χ3v) is 5.38. The third-order valence-electron chi connectivity index (χ3n) is 4.22. The molecule has 8 nitrogen and oxygen atoms in total. The van der Waals surface area contributed by atoms with Crippen molar-refractivity contribution >= 4 is 28.2 Å². The topological polar surface area (TPSA) is 112 Å². The van der Waals surface area contributed by atoms with Gasteiger partial charge in [0.15, 0.2) is 5.75 Å². The Morgan fingerprint density at radius 1 is 1.36 bits per heavy atom. The summed E-state index contributed by atoms with van der Waals surface area (Å²) in [6.45, 7) is 3.93. The minimum Gasteiger partial charge on any atom is -0.609 e. The molecule has 0 bridgehead atoms. The maximum absolute atomic E-state index is 12.8. The van der Waals surface area contributed by atoms with Crippen LogP contribution in [0.5, 0.6) is 11.5 Å². The Morgan fingerprint density at radius 3 is 2.86 bits per heavy atom. The van der Waals surface area contributed by atoms with Crippen molar-refractivity contribution in [2.75, 3.05) is 20.7 Å². The fourth-order valence-electron chi connectivity index (χ4n) is 2.85. The van der Waals surface area contributed by atoms with Crippen LogP contribution in [0.2, 0.25) is 0 Å². The number of aromatic nitrogens is 3. The van der Waals surface area contributed by atoms with E-state index in [-0.39, 0.29) is 12.3 Å². The van der Waals surface area contributed by atoms with E-state index >= 15 is 0 Å². The van der Waals surface area contributed by atoms with Gasteiger partial charge in [-0.25, -0.2) is 0 Å². The number of ether oxygens (including phenoxy) is 2. The maximum Gasteiger partial charge on any atom is 0.325 e. The minimum atomic E-state index is -1.42. The van der Waals surface area contributed by atoms with Gasteiger partial charge in [0.1, 0.15) is 11.5 Å². The molecule has 0 spiro atoms. The Balaban J connectivity index is 1.81. The number of imidazole rings is 1. The number of aromatic amines is 1. The Hall–Kier alpha value is -2.62. The number of fused-ring (bicyclic) bond motifs is 1. The molecule has 1 unspecified atom stereocenters. The van der Waals surface area contributed by atoms with Crippen LogP contribution >= 0.6 is 0 Å². The number of benzene rings is 1. The molecule has 28 heavy (non-hydrogen) atoms. The second-order valence-electron chi connectivity index (χ2n) is 6.26. The number of aryl methyl sites for hydroxylation is 1. The van der Waals surface area contributed by atoms with Crippen molar-refractivity contribution in [3.63, 3.8) is 0 Å². The van der Waals surface area contributed by atoms with Crippen LogP contribution in [0.1, 0.15) is 16.8 Å². The number of carbonyl (C=O) groups excluding carboxylic acids is 1. The van der Waals surface area contributed by atoms with Crippen LogP contribution in [-0.4, -0.2) is 46.2 Å². The lowest BCUT2D eigenvalue weighted by Gasteiger charge is -2.13. The molecule has 0 amide bonds. The number of pyridine rings is 1. The average Bonchev–Trinajstić information content (AvgIpc) is 3.08. The highest BCUT2D eigenvalue weighted by Gasteiger charge is 2.21. The summed E-state index contributed by atoms with van der Waals surface area (Å²) in [5.41, 5.74) is 3.78. The number of carbonyl (C=O) groups is 1. The fraction of sp³-hybridized carbons (Fsp3) is 0.316. The molecule has 3 rings (SSSR count). The summed E-state index contributed by atoms with van der Waals surface area (Å²) < 4.78 is 23.4. The van der Waals surface area contributed by atoms with Crippen molar-refractivity contribution in [1.29, 1.82) is 0 Å². The van der Waals surface area contributed by atoms with E-state index in [1.54, 1.807) is 38.6 Å². The highest BCUT2D eigenvalue weighted by molar-refractivity contribution is 7.90. The predicted molar refractivity (Wildman–Crippen MR) is 106 cm³/mol. The number of nitrogens with one attached hydrogen (secondary N) is 2. The number of hydrogen-bond donors (Lipinski definition) is 2. The highest BCUT2D eigenvalue weighted by atomic mass is 32.2. The fourth-order valence-corrected chi connectivity index (χ4v) is 3.95. The number of nitrogens with zero attached hydrogens (tertiary/aromatic N) is 2. The van der Waals surface area contributed by atoms with Crippen LogP contribution in [-0.2, 0) is 21.7 Å². The van der Waals surface area contributed by atoms with Crippen LogP contribution in [0.4, 0.5) is 0 Å². The maximum atomic E-state index is 12.8. The number of methoxy groups -OCH3 is 1. The molecule has 9 heteroatoms. The molecule has 0 fully saturated rings. The molecule has 0 aliphatic heterocycles. The third kappa shape index (κ3) is 4.27. The second-order valence-corrected chi connectivity index (χ2v) is 7.63. The molecule has 2 heterocycles. The van der Waals surface area contributed by atoms with E-state index in [1.807, 2.05) is 13.8 Å². The molecule has 3 aromatic rings. The second kappa shape index (κ2) is 8.59. The first-order valence-corrected chi connectivity index (χ1v) is 9.97. The molecule has 2 N–H and O–H groups in total.